The number of anilines is 2. The van der Waals surface area contributed by atoms with Gasteiger partial charge in [-0.05, 0) is 63.2 Å². The molecule has 2 aromatic carbocycles. The Kier molecular flexibility index (Phi) is 5.44. The molecular weight excluding hydrogens is 441 g/mol. The van der Waals surface area contributed by atoms with Crippen molar-refractivity contribution in [2.75, 3.05) is 43.4 Å². The highest BCUT2D eigenvalue weighted by Gasteiger charge is 2.46. The minimum absolute atomic E-state index is 0.104. The summed E-state index contributed by atoms with van der Waals surface area (Å²) in [7, 11) is 2.17. The highest BCUT2D eigenvalue weighted by Crippen LogP contribution is 2.42. The van der Waals surface area contributed by atoms with Crippen LogP contribution in [-0.4, -0.2) is 48.3 Å². The van der Waals surface area contributed by atoms with E-state index in [1.54, 1.807) is 6.07 Å². The number of hydrogen-bond donors (Lipinski definition) is 2. The predicted octanol–water partition coefficient (Wildman–Crippen LogP) is 4.48. The lowest BCUT2D eigenvalue weighted by Crippen LogP contribution is -2.57. The van der Waals surface area contributed by atoms with Gasteiger partial charge in [0.25, 0.3) is 0 Å². The molecule has 1 atom stereocenters. The van der Waals surface area contributed by atoms with Crippen LogP contribution in [0, 0.1) is 19.3 Å². The van der Waals surface area contributed by atoms with Gasteiger partial charge in [0.05, 0.1) is 11.3 Å². The maximum Gasteiger partial charge on any atom is 0.416 e. The number of alkyl halides is 3. The Hall–Kier alpha value is -2.91. The second kappa shape index (κ2) is 8.09. The highest BCUT2D eigenvalue weighted by molar-refractivity contribution is 5.95. The van der Waals surface area contributed by atoms with Crippen molar-refractivity contribution in [3.63, 3.8) is 0 Å². The Morgan fingerprint density at radius 1 is 1.06 bits per heavy atom. The number of likely N-dealkylation sites (tertiary alicyclic amines) is 1. The third-order valence-electron chi connectivity index (χ3n) is 7.30. The third-order valence-corrected chi connectivity index (χ3v) is 7.30. The van der Waals surface area contributed by atoms with Gasteiger partial charge in [0.15, 0.2) is 5.82 Å². The first-order chi connectivity index (χ1) is 16.1. The molecule has 1 aromatic heterocycles. The number of rotatable bonds is 4. The Balaban J connectivity index is 1.44. The summed E-state index contributed by atoms with van der Waals surface area (Å²) < 4.78 is 40.1. The summed E-state index contributed by atoms with van der Waals surface area (Å²) in [5.41, 5.74) is 8.39. The van der Waals surface area contributed by atoms with Crippen LogP contribution in [0.5, 0.6) is 0 Å². The molecule has 2 fully saturated rings. The van der Waals surface area contributed by atoms with Gasteiger partial charge in [0, 0.05) is 41.5 Å². The van der Waals surface area contributed by atoms with Crippen LogP contribution in [0.1, 0.15) is 35.0 Å². The van der Waals surface area contributed by atoms with E-state index in [4.69, 9.17) is 5.73 Å². The van der Waals surface area contributed by atoms with E-state index in [0.29, 0.717) is 16.8 Å². The van der Waals surface area contributed by atoms with Gasteiger partial charge in [-0.25, -0.2) is 0 Å². The Morgan fingerprint density at radius 3 is 2.50 bits per heavy atom. The maximum absolute atomic E-state index is 13.4. The van der Waals surface area contributed by atoms with E-state index in [1.807, 2.05) is 13.0 Å². The zero-order valence-electron chi connectivity index (χ0n) is 19.6. The first-order valence-electron chi connectivity index (χ1n) is 11.5. The number of benzene rings is 2. The van der Waals surface area contributed by atoms with E-state index < -0.39 is 17.9 Å². The zero-order valence-corrected chi connectivity index (χ0v) is 19.6. The molecule has 2 saturated heterocycles. The number of nitrogens with one attached hydrogen (secondary N) is 1. The van der Waals surface area contributed by atoms with Crippen molar-refractivity contribution in [3.05, 3.63) is 58.8 Å². The summed E-state index contributed by atoms with van der Waals surface area (Å²) in [6.07, 6.45) is -4.09. The van der Waals surface area contributed by atoms with Crippen LogP contribution in [0.2, 0.25) is 0 Å². The lowest BCUT2D eigenvalue weighted by atomic mass is 9.78. The molecule has 3 heterocycles. The topological polar surface area (TPSA) is 70.3 Å². The smallest absolute Gasteiger partial charge is 0.370 e. The standard InChI is InChI=1S/C25H29F3N6/c1-15-18(5-4-6-21(15)25(26,27)28)22(29)30-23-20-11-17(7-8-19(20)16(2)31-32-23)34-13-24(14-34)9-10-33(3)12-24/h4-8,11,22H,9-10,12-14,29H2,1-3H3,(H,30,32)/t22-/m0/s1. The molecule has 2 aliphatic heterocycles. The Morgan fingerprint density at radius 2 is 1.82 bits per heavy atom. The fraction of sp³-hybridized carbons (Fsp3) is 0.440. The molecule has 1 spiro atoms. The summed E-state index contributed by atoms with van der Waals surface area (Å²) in [6.45, 7) is 7.64. The number of hydrogen-bond acceptors (Lipinski definition) is 6. The summed E-state index contributed by atoms with van der Waals surface area (Å²) in [5, 5.41) is 13.5. The van der Waals surface area contributed by atoms with E-state index >= 15 is 0 Å². The van der Waals surface area contributed by atoms with Crippen LogP contribution >= 0.6 is 0 Å². The second-order valence-corrected chi connectivity index (χ2v) is 9.85. The molecule has 0 radical (unpaired) electrons. The molecule has 6 nitrogen and oxygen atoms in total. The van der Waals surface area contributed by atoms with Crippen molar-refractivity contribution in [2.24, 2.45) is 11.1 Å². The van der Waals surface area contributed by atoms with Crippen LogP contribution in [0.4, 0.5) is 24.7 Å². The molecule has 3 N–H and O–H groups in total. The maximum atomic E-state index is 13.4. The van der Waals surface area contributed by atoms with Crippen LogP contribution in [-0.2, 0) is 6.18 Å². The number of aromatic nitrogens is 2. The third kappa shape index (κ3) is 3.96. The molecule has 5 rings (SSSR count). The molecule has 180 valence electrons. The summed E-state index contributed by atoms with van der Waals surface area (Å²) in [6, 6.07) is 10.3. The summed E-state index contributed by atoms with van der Waals surface area (Å²) in [5.74, 6) is 0.461. The van der Waals surface area contributed by atoms with Crippen molar-refractivity contribution in [3.8, 4) is 0 Å². The molecule has 0 amide bonds. The van der Waals surface area contributed by atoms with E-state index in [0.717, 1.165) is 54.4 Å². The van der Waals surface area contributed by atoms with Crippen molar-refractivity contribution >= 4 is 22.3 Å². The number of fused-ring (bicyclic) bond motifs is 1. The van der Waals surface area contributed by atoms with Crippen LogP contribution < -0.4 is 16.0 Å². The molecule has 0 aliphatic carbocycles. The predicted molar refractivity (Wildman–Crippen MR) is 128 cm³/mol. The molecule has 3 aromatic rings. The fourth-order valence-electron chi connectivity index (χ4n) is 5.47. The minimum Gasteiger partial charge on any atom is -0.370 e. The van der Waals surface area contributed by atoms with Gasteiger partial charge in [-0.15, -0.1) is 5.10 Å². The monoisotopic (exact) mass is 470 g/mol. The largest absolute Gasteiger partial charge is 0.416 e. The lowest BCUT2D eigenvalue weighted by Gasteiger charge is -2.49. The van der Waals surface area contributed by atoms with Crippen molar-refractivity contribution in [1.82, 2.24) is 15.1 Å². The van der Waals surface area contributed by atoms with Gasteiger partial charge < -0.3 is 20.9 Å². The average Bonchev–Trinajstić information content (AvgIpc) is 3.16. The lowest BCUT2D eigenvalue weighted by molar-refractivity contribution is -0.138. The van der Waals surface area contributed by atoms with Gasteiger partial charge in [0.2, 0.25) is 0 Å². The number of aryl methyl sites for hydroxylation is 1. The van der Waals surface area contributed by atoms with Crippen molar-refractivity contribution in [1.29, 1.82) is 0 Å². The molecule has 0 bridgehead atoms. The first kappa shape index (κ1) is 22.9. The number of nitrogens with two attached hydrogens (primary N) is 1. The van der Waals surface area contributed by atoms with Crippen molar-refractivity contribution in [2.45, 2.75) is 32.6 Å². The van der Waals surface area contributed by atoms with Gasteiger partial charge >= 0.3 is 6.18 Å². The van der Waals surface area contributed by atoms with E-state index in [2.05, 4.69) is 44.5 Å². The molecule has 34 heavy (non-hydrogen) atoms. The average molecular weight is 471 g/mol. The van der Waals surface area contributed by atoms with Crippen LogP contribution in [0.25, 0.3) is 10.8 Å². The quantitative estimate of drug-likeness (QED) is 0.548. The molecule has 0 unspecified atom stereocenters. The SMILES string of the molecule is Cc1c([C@@H](N)Nc2nnc(C)c3ccc(N4CC5(CCN(C)C5)C4)cc23)cccc1C(F)(F)F. The Labute approximate surface area is 196 Å². The van der Waals surface area contributed by atoms with Crippen molar-refractivity contribution < 1.29 is 13.2 Å². The fourth-order valence-corrected chi connectivity index (χ4v) is 5.47. The summed E-state index contributed by atoms with van der Waals surface area (Å²) >= 11 is 0. The normalized spacial score (nSPS) is 19.0. The first-order valence-corrected chi connectivity index (χ1v) is 11.5. The number of nitrogens with zero attached hydrogens (tertiary/aromatic N) is 4. The molecular formula is C25H29F3N6. The molecule has 9 heteroatoms. The highest BCUT2D eigenvalue weighted by atomic mass is 19.4. The van der Waals surface area contributed by atoms with E-state index in [1.165, 1.54) is 19.4 Å². The second-order valence-electron chi connectivity index (χ2n) is 9.85. The van der Waals surface area contributed by atoms with Crippen LogP contribution in [0.3, 0.4) is 0 Å². The van der Waals surface area contributed by atoms with Gasteiger partial charge in [-0.3, -0.25) is 0 Å². The number of halogens is 3. The van der Waals surface area contributed by atoms with Gasteiger partial charge in [-0.1, -0.05) is 18.2 Å². The van der Waals surface area contributed by atoms with E-state index in [9.17, 15) is 13.2 Å². The van der Waals surface area contributed by atoms with Crippen LogP contribution in [0.15, 0.2) is 36.4 Å². The zero-order chi connectivity index (χ0) is 24.3. The summed E-state index contributed by atoms with van der Waals surface area (Å²) in [4.78, 5) is 4.75. The molecule has 2 aliphatic rings. The van der Waals surface area contributed by atoms with Gasteiger partial charge in [0.1, 0.15) is 6.17 Å². The molecule has 0 saturated carbocycles. The minimum atomic E-state index is -4.44. The van der Waals surface area contributed by atoms with E-state index in [-0.39, 0.29) is 5.56 Å². The van der Waals surface area contributed by atoms with Gasteiger partial charge in [-0.2, -0.15) is 18.3 Å². The Bertz CT molecular complexity index is 1240.